The first kappa shape index (κ1) is 15.3. The van der Waals surface area contributed by atoms with Crippen molar-refractivity contribution in [2.75, 3.05) is 5.32 Å². The zero-order valence-corrected chi connectivity index (χ0v) is 13.9. The number of nitrogens with two attached hydrogens (primary N) is 1. The summed E-state index contributed by atoms with van der Waals surface area (Å²) in [5.41, 5.74) is 6.44. The van der Waals surface area contributed by atoms with Crippen molar-refractivity contribution in [2.45, 2.75) is 19.4 Å². The molecule has 0 fully saturated rings. The van der Waals surface area contributed by atoms with Crippen LogP contribution in [-0.2, 0) is 0 Å². The number of nitrogens with one attached hydrogen (secondary N) is 1. The van der Waals surface area contributed by atoms with Gasteiger partial charge < -0.3 is 11.1 Å². The lowest BCUT2D eigenvalue weighted by molar-refractivity contribution is 0.617. The summed E-state index contributed by atoms with van der Waals surface area (Å²) in [4.78, 5) is 4.42. The Balaban J connectivity index is 2.30. The zero-order valence-electron chi connectivity index (χ0n) is 10.7. The molecular weight excluding hydrogens is 361 g/mol. The average Bonchev–Trinajstić information content (AvgIpc) is 2.94. The lowest BCUT2D eigenvalue weighted by Gasteiger charge is -2.17. The van der Waals surface area contributed by atoms with Crippen LogP contribution in [0.5, 0.6) is 0 Å². The second-order valence-corrected chi connectivity index (χ2v) is 6.29. The molecule has 1 heterocycles. The van der Waals surface area contributed by atoms with Crippen molar-refractivity contribution >= 4 is 50.2 Å². The molecule has 3 N–H and O–H groups in total. The van der Waals surface area contributed by atoms with Gasteiger partial charge in [-0.05, 0) is 34.5 Å². The van der Waals surface area contributed by atoms with Gasteiger partial charge in [-0.2, -0.15) is 0 Å². The third-order valence-electron chi connectivity index (χ3n) is 2.84. The molecule has 0 aliphatic rings. The van der Waals surface area contributed by atoms with Crippen molar-refractivity contribution in [3.8, 4) is 0 Å². The maximum Gasteiger partial charge on any atom is 0.161 e. The van der Waals surface area contributed by atoms with Crippen LogP contribution < -0.4 is 11.1 Å². The number of hydrogen-bond donors (Lipinski definition) is 2. The molecule has 1 unspecified atom stereocenters. The molecule has 1 atom stereocenters. The zero-order chi connectivity index (χ0) is 14.7. The molecule has 1 aromatic heterocycles. The number of nitrogens with zero attached hydrogens (tertiary/aromatic N) is 1. The van der Waals surface area contributed by atoms with Crippen LogP contribution >= 0.6 is 39.5 Å². The lowest BCUT2D eigenvalue weighted by atomic mass is 10.1. The van der Waals surface area contributed by atoms with Crippen LogP contribution in [0, 0.1) is 5.82 Å². The van der Waals surface area contributed by atoms with E-state index >= 15 is 0 Å². The Kier molecular flexibility index (Phi) is 5.06. The molecule has 0 saturated carbocycles. The molecule has 3 nitrogen and oxygen atoms in total. The van der Waals surface area contributed by atoms with Gasteiger partial charge in [-0.1, -0.05) is 19.1 Å². The number of thiocarbonyl (C=S) groups is 1. The van der Waals surface area contributed by atoms with Crippen LogP contribution in [0.3, 0.4) is 0 Å². The molecule has 106 valence electrons. The first-order chi connectivity index (χ1) is 9.54. The molecule has 0 spiro atoms. The van der Waals surface area contributed by atoms with Gasteiger partial charge in [0.1, 0.15) is 10.00 Å². The smallest absolute Gasteiger partial charge is 0.161 e. The molecule has 0 saturated heterocycles. The van der Waals surface area contributed by atoms with Gasteiger partial charge >= 0.3 is 0 Å². The number of hydrogen-bond acceptors (Lipinski definition) is 4. The number of rotatable bonds is 5. The van der Waals surface area contributed by atoms with E-state index in [4.69, 9.17) is 18.0 Å². The average molecular weight is 374 g/mol. The van der Waals surface area contributed by atoms with Gasteiger partial charge in [-0.15, -0.1) is 11.3 Å². The molecule has 2 aromatic rings. The summed E-state index contributed by atoms with van der Waals surface area (Å²) >= 11 is 9.62. The normalized spacial score (nSPS) is 12.2. The first-order valence-corrected chi connectivity index (χ1v) is 8.06. The van der Waals surface area contributed by atoms with Crippen molar-refractivity contribution in [3.05, 3.63) is 44.6 Å². The van der Waals surface area contributed by atoms with Crippen molar-refractivity contribution in [1.29, 1.82) is 0 Å². The lowest BCUT2D eigenvalue weighted by Crippen LogP contribution is -2.14. The number of thiazole rings is 1. The maximum absolute atomic E-state index is 14.3. The molecule has 0 amide bonds. The van der Waals surface area contributed by atoms with Gasteiger partial charge in [-0.3, -0.25) is 0 Å². The Labute approximate surface area is 134 Å². The van der Waals surface area contributed by atoms with Gasteiger partial charge in [0.15, 0.2) is 5.82 Å². The van der Waals surface area contributed by atoms with E-state index in [-0.39, 0.29) is 15.5 Å². The fourth-order valence-electron chi connectivity index (χ4n) is 1.78. The van der Waals surface area contributed by atoms with Crippen molar-refractivity contribution in [3.63, 3.8) is 0 Å². The fraction of sp³-hybridized carbons (Fsp3) is 0.231. The fourth-order valence-corrected chi connectivity index (χ4v) is 3.42. The van der Waals surface area contributed by atoms with E-state index in [1.165, 1.54) is 0 Å². The largest absolute Gasteiger partial charge is 0.389 e. The molecule has 0 aliphatic carbocycles. The predicted molar refractivity (Wildman–Crippen MR) is 88.8 cm³/mol. The molecule has 20 heavy (non-hydrogen) atoms. The highest BCUT2D eigenvalue weighted by Crippen LogP contribution is 2.31. The summed E-state index contributed by atoms with van der Waals surface area (Å²) < 4.78 is 14.6. The molecule has 2 rings (SSSR count). The van der Waals surface area contributed by atoms with Gasteiger partial charge in [0, 0.05) is 17.1 Å². The van der Waals surface area contributed by atoms with E-state index in [0.717, 1.165) is 11.4 Å². The van der Waals surface area contributed by atoms with E-state index in [0.29, 0.717) is 11.3 Å². The van der Waals surface area contributed by atoms with Crippen LogP contribution in [0.1, 0.15) is 30.0 Å². The van der Waals surface area contributed by atoms with Crippen LogP contribution in [0.4, 0.5) is 10.1 Å². The van der Waals surface area contributed by atoms with E-state index < -0.39 is 5.82 Å². The van der Waals surface area contributed by atoms with Crippen LogP contribution in [0.15, 0.2) is 28.2 Å². The highest BCUT2D eigenvalue weighted by atomic mass is 79.9. The maximum atomic E-state index is 14.3. The molecular formula is C13H13BrFN3S2. The molecule has 0 aliphatic heterocycles. The van der Waals surface area contributed by atoms with Crippen molar-refractivity contribution < 1.29 is 4.39 Å². The molecule has 0 bridgehead atoms. The Morgan fingerprint density at radius 1 is 1.60 bits per heavy atom. The van der Waals surface area contributed by atoms with Gasteiger partial charge in [0.05, 0.1) is 16.2 Å². The summed E-state index contributed by atoms with van der Waals surface area (Å²) in [5, 5.41) is 6.00. The topological polar surface area (TPSA) is 50.9 Å². The Morgan fingerprint density at radius 3 is 2.90 bits per heavy atom. The Hall–Kier alpha value is -1.05. The monoisotopic (exact) mass is 373 g/mol. The molecule has 1 aromatic carbocycles. The minimum atomic E-state index is -0.398. The van der Waals surface area contributed by atoms with Gasteiger partial charge in [-0.25, -0.2) is 9.37 Å². The Bertz CT molecular complexity index is 616. The third kappa shape index (κ3) is 3.16. The summed E-state index contributed by atoms with van der Waals surface area (Å²) in [6, 6.07) is 3.32. The second kappa shape index (κ2) is 6.60. The van der Waals surface area contributed by atoms with Crippen LogP contribution in [0.2, 0.25) is 0 Å². The SMILES string of the molecule is CCC(Nc1ccc(C(N)=S)c(Br)c1F)c1nccs1. The summed E-state index contributed by atoms with van der Waals surface area (Å²) in [6.07, 6.45) is 2.55. The second-order valence-electron chi connectivity index (χ2n) is 4.13. The predicted octanol–water partition coefficient (Wildman–Crippen LogP) is 4.24. The summed E-state index contributed by atoms with van der Waals surface area (Å²) in [6.45, 7) is 2.02. The summed E-state index contributed by atoms with van der Waals surface area (Å²) in [5.74, 6) is -0.398. The number of benzene rings is 1. The van der Waals surface area contributed by atoms with E-state index in [9.17, 15) is 4.39 Å². The van der Waals surface area contributed by atoms with E-state index in [1.807, 2.05) is 12.3 Å². The minimum absolute atomic E-state index is 0.0212. The number of aromatic nitrogens is 1. The minimum Gasteiger partial charge on any atom is -0.389 e. The van der Waals surface area contributed by atoms with E-state index in [2.05, 4.69) is 26.2 Å². The highest BCUT2D eigenvalue weighted by Gasteiger charge is 2.17. The van der Waals surface area contributed by atoms with Gasteiger partial charge in [0.2, 0.25) is 0 Å². The van der Waals surface area contributed by atoms with Gasteiger partial charge in [0.25, 0.3) is 0 Å². The van der Waals surface area contributed by atoms with Crippen molar-refractivity contribution in [2.24, 2.45) is 5.73 Å². The summed E-state index contributed by atoms with van der Waals surface area (Å²) in [7, 11) is 0. The first-order valence-electron chi connectivity index (χ1n) is 5.98. The van der Waals surface area contributed by atoms with E-state index in [1.54, 1.807) is 29.7 Å². The Morgan fingerprint density at radius 2 is 2.35 bits per heavy atom. The highest BCUT2D eigenvalue weighted by molar-refractivity contribution is 9.10. The molecule has 0 radical (unpaired) electrons. The quantitative estimate of drug-likeness (QED) is 0.769. The van der Waals surface area contributed by atoms with Crippen LogP contribution in [-0.4, -0.2) is 9.97 Å². The van der Waals surface area contributed by atoms with Crippen LogP contribution in [0.25, 0.3) is 0 Å². The standard InChI is InChI=1S/C13H13BrFN3S2/c1-2-8(13-17-5-6-20-13)18-9-4-3-7(12(16)19)10(14)11(9)15/h3-6,8,18H,2H2,1H3,(H2,16,19). The third-order valence-corrected chi connectivity index (χ3v) is 4.72. The number of halogens is 2. The van der Waals surface area contributed by atoms with Crippen molar-refractivity contribution in [1.82, 2.24) is 4.98 Å². The molecule has 7 heteroatoms. The number of anilines is 1.